The van der Waals surface area contributed by atoms with Crippen molar-refractivity contribution in [2.45, 2.75) is 6.16 Å². The van der Waals surface area contributed by atoms with Gasteiger partial charge >= 0.3 is 0 Å². The summed E-state index contributed by atoms with van der Waals surface area (Å²) in [6.07, 6.45) is 0.198. The molecule has 0 amide bonds. The van der Waals surface area contributed by atoms with Crippen LogP contribution in [0, 0.1) is 0 Å². The third-order valence-electron chi connectivity index (χ3n) is 1.23. The van der Waals surface area contributed by atoms with Crippen molar-refractivity contribution < 1.29 is 9.79 Å². The van der Waals surface area contributed by atoms with Crippen molar-refractivity contribution in [1.82, 2.24) is 4.90 Å². The van der Waals surface area contributed by atoms with Gasteiger partial charge in [-0.15, -0.1) is 0 Å². The van der Waals surface area contributed by atoms with E-state index in [1.54, 1.807) is 0 Å². The fourth-order valence-corrected chi connectivity index (χ4v) is 1.95. The second-order valence-corrected chi connectivity index (χ2v) is 7.05. The van der Waals surface area contributed by atoms with E-state index in [9.17, 15) is 0 Å². The van der Waals surface area contributed by atoms with Gasteiger partial charge in [-0.05, 0) is 38.5 Å². The predicted molar refractivity (Wildman–Crippen MR) is 68.5 cm³/mol. The highest BCUT2D eigenvalue weighted by Crippen LogP contribution is 2.39. The zero-order valence-corrected chi connectivity index (χ0v) is 11.0. The van der Waals surface area contributed by atoms with Crippen LogP contribution in [-0.4, -0.2) is 35.8 Å². The Kier molecular flexibility index (Phi) is 6.98. The maximum Gasteiger partial charge on any atom is 0.187 e. The van der Waals surface area contributed by atoms with E-state index in [2.05, 4.69) is 11.8 Å². The quantitative estimate of drug-likeness (QED) is 0.780. The summed E-state index contributed by atoms with van der Waals surface area (Å²) >= 11 is 4.49. The highest BCUT2D eigenvalue weighted by atomic mass is 32.5. The van der Waals surface area contributed by atoms with E-state index < -0.39 is 6.49 Å². The first-order valence-corrected chi connectivity index (χ1v) is 7.40. The molecular formula is C10H18NO2PS. The van der Waals surface area contributed by atoms with Gasteiger partial charge in [0.1, 0.15) is 0 Å². The van der Waals surface area contributed by atoms with E-state index in [0.717, 1.165) is 5.56 Å². The highest BCUT2D eigenvalue weighted by molar-refractivity contribution is 8.08. The molecule has 0 aliphatic heterocycles. The Hall–Kier alpha value is -0.250. The molecular weight excluding hydrogens is 229 g/mol. The lowest BCUT2D eigenvalue weighted by Crippen LogP contribution is -1.99. The van der Waals surface area contributed by atoms with E-state index >= 15 is 0 Å². The van der Waals surface area contributed by atoms with Crippen LogP contribution in [0.2, 0.25) is 0 Å². The van der Waals surface area contributed by atoms with Gasteiger partial charge in [0.05, 0.1) is 0 Å². The molecule has 1 rings (SSSR count). The van der Waals surface area contributed by atoms with Gasteiger partial charge in [-0.2, -0.15) is 0 Å². The summed E-state index contributed by atoms with van der Waals surface area (Å²) < 4.78 is 0. The van der Waals surface area contributed by atoms with Crippen LogP contribution in [0.3, 0.4) is 0 Å². The van der Waals surface area contributed by atoms with E-state index in [1.165, 1.54) is 0 Å². The third kappa shape index (κ3) is 11.7. The molecule has 0 atom stereocenters. The molecule has 0 aliphatic rings. The van der Waals surface area contributed by atoms with Gasteiger partial charge in [-0.3, -0.25) is 0 Å². The van der Waals surface area contributed by atoms with Gasteiger partial charge in [0, 0.05) is 6.16 Å². The van der Waals surface area contributed by atoms with E-state index in [1.807, 2.05) is 56.4 Å². The van der Waals surface area contributed by atoms with Crippen molar-refractivity contribution in [3.05, 3.63) is 35.9 Å². The second-order valence-electron chi connectivity index (χ2n) is 3.65. The maximum absolute atomic E-state index is 8.95. The standard InChI is InChI=1S/C7H9O2PS.C3H9N/c8-10(9,11)6-7-4-2-1-3-5-7;1-4(2)3/h1-5H,6H2,(H2,8,9,11);1-3H3. The van der Waals surface area contributed by atoms with Crippen LogP contribution in [0.1, 0.15) is 5.56 Å². The van der Waals surface area contributed by atoms with Gasteiger partial charge in [0.15, 0.2) is 6.49 Å². The molecule has 0 aliphatic carbocycles. The molecule has 0 heterocycles. The van der Waals surface area contributed by atoms with Gasteiger partial charge in [-0.25, -0.2) is 0 Å². The SMILES string of the molecule is CN(C)C.OP(O)(=S)Cc1ccccc1. The average Bonchev–Trinajstić information content (AvgIpc) is 2.01. The molecule has 0 fully saturated rings. The van der Waals surface area contributed by atoms with Crippen LogP contribution in [0.5, 0.6) is 0 Å². The lowest BCUT2D eigenvalue weighted by atomic mass is 10.2. The van der Waals surface area contributed by atoms with Gasteiger partial charge in [0.2, 0.25) is 0 Å². The summed E-state index contributed by atoms with van der Waals surface area (Å²) in [7, 11) is 6.00. The second kappa shape index (κ2) is 7.09. The Labute approximate surface area is 96.5 Å². The third-order valence-corrected chi connectivity index (χ3v) is 2.40. The largest absolute Gasteiger partial charge is 0.345 e. The zero-order valence-electron chi connectivity index (χ0n) is 9.29. The first-order valence-electron chi connectivity index (χ1n) is 4.50. The molecule has 0 aromatic heterocycles. The van der Waals surface area contributed by atoms with Crippen molar-refractivity contribution in [2.24, 2.45) is 0 Å². The normalized spacial score (nSPS) is 10.8. The molecule has 3 nitrogen and oxygen atoms in total. The predicted octanol–water partition coefficient (Wildman–Crippen LogP) is 1.66. The molecule has 0 unspecified atom stereocenters. The average molecular weight is 247 g/mol. The molecule has 0 radical (unpaired) electrons. The van der Waals surface area contributed by atoms with Gasteiger partial charge in [-0.1, -0.05) is 30.3 Å². The lowest BCUT2D eigenvalue weighted by molar-refractivity contribution is 0.477. The minimum Gasteiger partial charge on any atom is -0.345 e. The van der Waals surface area contributed by atoms with Crippen LogP contribution in [-0.2, 0) is 18.0 Å². The molecule has 0 saturated carbocycles. The summed E-state index contributed by atoms with van der Waals surface area (Å²) in [6, 6.07) is 9.23. The Morgan fingerprint density at radius 3 is 1.87 bits per heavy atom. The topological polar surface area (TPSA) is 43.7 Å². The van der Waals surface area contributed by atoms with Gasteiger partial charge in [0.25, 0.3) is 0 Å². The molecule has 86 valence electrons. The number of hydrogen-bond acceptors (Lipinski definition) is 2. The fraction of sp³-hybridized carbons (Fsp3) is 0.400. The van der Waals surface area contributed by atoms with E-state index in [4.69, 9.17) is 9.79 Å². The van der Waals surface area contributed by atoms with Crippen molar-refractivity contribution in [3.63, 3.8) is 0 Å². The van der Waals surface area contributed by atoms with Crippen molar-refractivity contribution in [2.75, 3.05) is 21.1 Å². The van der Waals surface area contributed by atoms with Crippen LogP contribution < -0.4 is 0 Å². The Balaban J connectivity index is 0.000000423. The zero-order chi connectivity index (χ0) is 11.9. The summed E-state index contributed by atoms with van der Waals surface area (Å²) in [6.45, 7) is -3.05. The number of benzene rings is 1. The maximum atomic E-state index is 8.95. The summed E-state index contributed by atoms with van der Waals surface area (Å²) in [5, 5.41) is 0. The molecule has 1 aromatic rings. The Morgan fingerprint density at radius 1 is 1.13 bits per heavy atom. The molecule has 0 saturated heterocycles. The van der Waals surface area contributed by atoms with Crippen molar-refractivity contribution in [1.29, 1.82) is 0 Å². The molecule has 1 aromatic carbocycles. The number of rotatable bonds is 2. The van der Waals surface area contributed by atoms with Crippen LogP contribution >= 0.6 is 6.49 Å². The minimum atomic E-state index is -3.05. The van der Waals surface area contributed by atoms with Crippen molar-refractivity contribution >= 4 is 18.3 Å². The summed E-state index contributed by atoms with van der Waals surface area (Å²) in [4.78, 5) is 19.9. The van der Waals surface area contributed by atoms with Crippen LogP contribution in [0.4, 0.5) is 0 Å². The van der Waals surface area contributed by atoms with E-state index in [0.29, 0.717) is 0 Å². The minimum absolute atomic E-state index is 0.198. The van der Waals surface area contributed by atoms with Crippen LogP contribution in [0.25, 0.3) is 0 Å². The number of nitrogens with zero attached hydrogens (tertiary/aromatic N) is 1. The Bertz CT molecular complexity index is 308. The summed E-state index contributed by atoms with van der Waals surface area (Å²) in [5.41, 5.74) is 0.876. The Morgan fingerprint density at radius 2 is 1.53 bits per heavy atom. The van der Waals surface area contributed by atoms with E-state index in [-0.39, 0.29) is 6.16 Å². The molecule has 15 heavy (non-hydrogen) atoms. The highest BCUT2D eigenvalue weighted by Gasteiger charge is 2.07. The molecule has 0 spiro atoms. The first-order chi connectivity index (χ1) is 6.81. The smallest absolute Gasteiger partial charge is 0.187 e. The fourth-order valence-electron chi connectivity index (χ4n) is 0.821. The van der Waals surface area contributed by atoms with Crippen LogP contribution in [0.15, 0.2) is 30.3 Å². The molecule has 2 N–H and O–H groups in total. The van der Waals surface area contributed by atoms with Crippen molar-refractivity contribution in [3.8, 4) is 0 Å². The lowest BCUT2D eigenvalue weighted by Gasteiger charge is -2.05. The first kappa shape index (κ1) is 14.8. The van der Waals surface area contributed by atoms with Gasteiger partial charge < -0.3 is 14.7 Å². The monoisotopic (exact) mass is 247 g/mol. The summed E-state index contributed by atoms with van der Waals surface area (Å²) in [5.74, 6) is 0. The number of hydrogen-bond donors (Lipinski definition) is 2. The molecule has 5 heteroatoms. The molecule has 0 bridgehead atoms.